The van der Waals surface area contributed by atoms with Crippen LogP contribution in [0.5, 0.6) is 0 Å². The van der Waals surface area contributed by atoms with Crippen LogP contribution in [0.25, 0.3) is 0 Å². The van der Waals surface area contributed by atoms with Gasteiger partial charge in [-0.25, -0.2) is 0 Å². The molecule has 0 aromatic carbocycles. The molecule has 1 aliphatic rings. The Bertz CT molecular complexity index is 117. The molecule has 0 radical (unpaired) electrons. The van der Waals surface area contributed by atoms with Gasteiger partial charge in [0.25, 0.3) is 0 Å². The highest BCUT2D eigenvalue weighted by molar-refractivity contribution is 6.20. The molecule has 2 heteroatoms. The minimum atomic E-state index is 0.318. The molecular weight excluding hydrogens is 182 g/mol. The summed E-state index contributed by atoms with van der Waals surface area (Å²) in [5.41, 5.74) is 0. The van der Waals surface area contributed by atoms with Crippen LogP contribution in [0, 0.1) is 0 Å². The third kappa shape index (κ3) is 5.53. The Kier molecular flexibility index (Phi) is 5.81. The molecule has 0 aromatic rings. The summed E-state index contributed by atoms with van der Waals surface area (Å²) >= 11 is 5.89. The first-order valence-electron chi connectivity index (χ1n) is 5.66. The minimum absolute atomic E-state index is 0.318. The summed E-state index contributed by atoms with van der Waals surface area (Å²) in [4.78, 5) is 0. The van der Waals surface area contributed by atoms with Crippen molar-refractivity contribution in [2.24, 2.45) is 0 Å². The van der Waals surface area contributed by atoms with E-state index in [9.17, 15) is 0 Å². The smallest absolute Gasteiger partial charge is 0.0319 e. The fraction of sp³-hybridized carbons (Fsp3) is 1.00. The first kappa shape index (κ1) is 11.3. The van der Waals surface area contributed by atoms with E-state index in [0.717, 1.165) is 19.0 Å². The van der Waals surface area contributed by atoms with Gasteiger partial charge in [0.15, 0.2) is 0 Å². The van der Waals surface area contributed by atoms with E-state index in [1.807, 2.05) is 0 Å². The van der Waals surface area contributed by atoms with Crippen LogP contribution < -0.4 is 5.32 Å². The SMILES string of the molecule is CC(Cl)CCNC1CCCCCC1. The average Bonchev–Trinajstić information content (AvgIpc) is 2.32. The Morgan fingerprint density at radius 2 is 1.85 bits per heavy atom. The molecule has 0 spiro atoms. The van der Waals surface area contributed by atoms with Gasteiger partial charge in [0, 0.05) is 11.4 Å². The molecule has 0 bridgehead atoms. The van der Waals surface area contributed by atoms with Crippen LogP contribution in [0.4, 0.5) is 0 Å². The van der Waals surface area contributed by atoms with Crippen LogP contribution in [-0.4, -0.2) is 18.0 Å². The molecule has 0 aliphatic heterocycles. The third-order valence-electron chi connectivity index (χ3n) is 2.83. The molecule has 1 unspecified atom stereocenters. The second-order valence-electron chi connectivity index (χ2n) is 4.21. The Morgan fingerprint density at radius 1 is 1.23 bits per heavy atom. The summed E-state index contributed by atoms with van der Waals surface area (Å²) in [6, 6.07) is 0.776. The molecule has 1 fully saturated rings. The third-order valence-corrected chi connectivity index (χ3v) is 3.05. The Labute approximate surface area is 87.2 Å². The second-order valence-corrected chi connectivity index (χ2v) is 4.96. The van der Waals surface area contributed by atoms with Gasteiger partial charge in [-0.3, -0.25) is 0 Å². The molecule has 0 heterocycles. The predicted molar refractivity (Wildman–Crippen MR) is 59.4 cm³/mol. The van der Waals surface area contributed by atoms with Gasteiger partial charge in [-0.05, 0) is 32.7 Å². The molecular formula is C11H22ClN. The van der Waals surface area contributed by atoms with Gasteiger partial charge in [0.2, 0.25) is 0 Å². The summed E-state index contributed by atoms with van der Waals surface area (Å²) in [6.45, 7) is 3.16. The van der Waals surface area contributed by atoms with Crippen molar-refractivity contribution in [2.75, 3.05) is 6.54 Å². The lowest BCUT2D eigenvalue weighted by atomic mass is 10.1. The molecule has 0 amide bonds. The maximum absolute atomic E-state index is 5.89. The monoisotopic (exact) mass is 203 g/mol. The molecule has 0 saturated heterocycles. The minimum Gasteiger partial charge on any atom is -0.314 e. The van der Waals surface area contributed by atoms with Crippen molar-refractivity contribution in [1.82, 2.24) is 5.32 Å². The van der Waals surface area contributed by atoms with E-state index in [0.29, 0.717) is 5.38 Å². The molecule has 1 nitrogen and oxygen atoms in total. The molecule has 13 heavy (non-hydrogen) atoms. The van der Waals surface area contributed by atoms with Gasteiger partial charge in [-0.1, -0.05) is 25.7 Å². The van der Waals surface area contributed by atoms with Crippen LogP contribution in [0.15, 0.2) is 0 Å². The quantitative estimate of drug-likeness (QED) is 0.546. The fourth-order valence-corrected chi connectivity index (χ4v) is 2.08. The molecule has 1 atom stereocenters. The molecule has 1 aliphatic carbocycles. The Balaban J connectivity index is 2.05. The zero-order valence-electron chi connectivity index (χ0n) is 8.69. The van der Waals surface area contributed by atoms with Gasteiger partial charge in [-0.15, -0.1) is 11.6 Å². The maximum atomic E-state index is 5.89. The van der Waals surface area contributed by atoms with E-state index in [1.54, 1.807) is 0 Å². The van der Waals surface area contributed by atoms with E-state index in [-0.39, 0.29) is 0 Å². The van der Waals surface area contributed by atoms with Crippen LogP contribution in [-0.2, 0) is 0 Å². The average molecular weight is 204 g/mol. The number of halogens is 1. The van der Waals surface area contributed by atoms with E-state index in [1.165, 1.54) is 38.5 Å². The first-order valence-corrected chi connectivity index (χ1v) is 6.10. The lowest BCUT2D eigenvalue weighted by molar-refractivity contribution is 0.455. The predicted octanol–water partition coefficient (Wildman–Crippen LogP) is 3.32. The van der Waals surface area contributed by atoms with Gasteiger partial charge in [0.05, 0.1) is 0 Å². The van der Waals surface area contributed by atoms with Crippen molar-refractivity contribution in [3.8, 4) is 0 Å². The largest absolute Gasteiger partial charge is 0.314 e. The summed E-state index contributed by atoms with van der Waals surface area (Å²) in [5.74, 6) is 0. The normalized spacial score (nSPS) is 22.6. The highest BCUT2D eigenvalue weighted by atomic mass is 35.5. The van der Waals surface area contributed by atoms with Crippen LogP contribution >= 0.6 is 11.6 Å². The standard InChI is InChI=1S/C11H22ClN/c1-10(12)8-9-13-11-6-4-2-3-5-7-11/h10-11,13H,2-9H2,1H3. The second kappa shape index (κ2) is 6.67. The number of hydrogen-bond donors (Lipinski definition) is 1. The van der Waals surface area contributed by atoms with Crippen molar-refractivity contribution in [3.05, 3.63) is 0 Å². The van der Waals surface area contributed by atoms with Crippen molar-refractivity contribution < 1.29 is 0 Å². The molecule has 1 rings (SSSR count). The fourth-order valence-electron chi connectivity index (χ4n) is 1.97. The molecule has 78 valence electrons. The summed E-state index contributed by atoms with van der Waals surface area (Å²) in [6.07, 6.45) is 9.53. The molecule has 0 aromatic heterocycles. The van der Waals surface area contributed by atoms with E-state index >= 15 is 0 Å². The van der Waals surface area contributed by atoms with Gasteiger partial charge >= 0.3 is 0 Å². The first-order chi connectivity index (χ1) is 6.29. The summed E-state index contributed by atoms with van der Waals surface area (Å²) < 4.78 is 0. The summed E-state index contributed by atoms with van der Waals surface area (Å²) in [5, 5.41) is 3.93. The van der Waals surface area contributed by atoms with Crippen molar-refractivity contribution >= 4 is 11.6 Å². The zero-order chi connectivity index (χ0) is 9.52. The van der Waals surface area contributed by atoms with Crippen molar-refractivity contribution in [3.63, 3.8) is 0 Å². The number of alkyl halides is 1. The lowest BCUT2D eigenvalue weighted by Gasteiger charge is -2.16. The number of nitrogens with one attached hydrogen (secondary N) is 1. The van der Waals surface area contributed by atoms with Crippen LogP contribution in [0.2, 0.25) is 0 Å². The van der Waals surface area contributed by atoms with Crippen LogP contribution in [0.3, 0.4) is 0 Å². The summed E-state index contributed by atoms with van der Waals surface area (Å²) in [7, 11) is 0. The Hall–Kier alpha value is 0.250. The number of hydrogen-bond acceptors (Lipinski definition) is 1. The molecule has 1 N–H and O–H groups in total. The van der Waals surface area contributed by atoms with E-state index in [4.69, 9.17) is 11.6 Å². The Morgan fingerprint density at radius 3 is 2.38 bits per heavy atom. The van der Waals surface area contributed by atoms with E-state index < -0.39 is 0 Å². The van der Waals surface area contributed by atoms with Gasteiger partial charge < -0.3 is 5.32 Å². The highest BCUT2D eigenvalue weighted by Gasteiger charge is 2.10. The topological polar surface area (TPSA) is 12.0 Å². The van der Waals surface area contributed by atoms with Gasteiger partial charge in [-0.2, -0.15) is 0 Å². The zero-order valence-corrected chi connectivity index (χ0v) is 9.45. The highest BCUT2D eigenvalue weighted by Crippen LogP contribution is 2.17. The van der Waals surface area contributed by atoms with Crippen molar-refractivity contribution in [1.29, 1.82) is 0 Å². The van der Waals surface area contributed by atoms with Crippen molar-refractivity contribution in [2.45, 2.75) is 63.3 Å². The van der Waals surface area contributed by atoms with Gasteiger partial charge in [0.1, 0.15) is 0 Å². The van der Waals surface area contributed by atoms with Crippen LogP contribution in [0.1, 0.15) is 51.9 Å². The maximum Gasteiger partial charge on any atom is 0.0319 e. The molecule has 1 saturated carbocycles. The lowest BCUT2D eigenvalue weighted by Crippen LogP contribution is -2.30. The van der Waals surface area contributed by atoms with E-state index in [2.05, 4.69) is 12.2 Å². The number of rotatable bonds is 4.